The Bertz CT molecular complexity index is 977. The monoisotopic (exact) mass is 350 g/mol. The zero-order valence-corrected chi connectivity index (χ0v) is 14.4. The third-order valence-corrected chi connectivity index (χ3v) is 4.75. The lowest BCUT2D eigenvalue weighted by molar-refractivity contribution is 0.211. The fraction of sp³-hybridized carbons (Fsp3) is 0.200. The van der Waals surface area contributed by atoms with Crippen molar-refractivity contribution in [2.75, 3.05) is 25.0 Å². The van der Waals surface area contributed by atoms with Crippen LogP contribution in [-0.4, -0.2) is 41.3 Å². The van der Waals surface area contributed by atoms with Crippen LogP contribution in [0.5, 0.6) is 0 Å². The molecule has 1 N–H and O–H groups in total. The van der Waals surface area contributed by atoms with Crippen molar-refractivity contribution in [2.24, 2.45) is 0 Å². The number of carbonyl (C=O) groups is 1. The van der Waals surface area contributed by atoms with E-state index in [0.29, 0.717) is 18.9 Å². The first kappa shape index (κ1) is 16.3. The molecular weight excluding hydrogens is 331 g/mol. The summed E-state index contributed by atoms with van der Waals surface area (Å²) in [7, 11) is 1.74. The normalized spacial score (nSPS) is 14.4. The maximum atomic E-state index is 13.1. The van der Waals surface area contributed by atoms with Gasteiger partial charge in [-0.1, -0.05) is 30.3 Å². The lowest BCUT2D eigenvalue weighted by atomic mass is 10.00. The molecule has 2 amide bonds. The van der Waals surface area contributed by atoms with Gasteiger partial charge in [-0.05, 0) is 41.8 Å². The van der Waals surface area contributed by atoms with E-state index >= 15 is 0 Å². The second kappa shape index (κ2) is 6.63. The molecule has 0 spiro atoms. The Morgan fingerprint density at radius 3 is 2.69 bits per heavy atom. The Morgan fingerprint density at radius 2 is 1.96 bits per heavy atom. The summed E-state index contributed by atoms with van der Waals surface area (Å²) in [6, 6.07) is 14.1. The largest absolute Gasteiger partial charge is 0.325 e. The minimum absolute atomic E-state index is 0.0864. The fourth-order valence-corrected chi connectivity index (χ4v) is 3.28. The number of H-pyrrole nitrogens is 1. The number of para-hydroxylation sites is 1. The van der Waals surface area contributed by atoms with Crippen molar-refractivity contribution in [3.05, 3.63) is 66.0 Å². The number of halogens is 1. The average molecular weight is 350 g/mol. The van der Waals surface area contributed by atoms with Crippen LogP contribution in [-0.2, 0) is 0 Å². The number of rotatable bonds is 2. The number of hydrogen-bond donors (Lipinski definition) is 1. The third kappa shape index (κ3) is 2.94. The first-order valence-electron chi connectivity index (χ1n) is 8.54. The molecule has 0 saturated heterocycles. The number of aromatic nitrogens is 2. The molecule has 1 aliphatic rings. The molecule has 1 aliphatic heterocycles. The topological polar surface area (TPSA) is 52.2 Å². The van der Waals surface area contributed by atoms with Gasteiger partial charge >= 0.3 is 6.03 Å². The van der Waals surface area contributed by atoms with Gasteiger partial charge in [0.15, 0.2) is 5.82 Å². The molecule has 26 heavy (non-hydrogen) atoms. The SMILES string of the molecule is CN(C(=O)N1CC=C(c2ccc(F)cc2)CC1)c1n[nH]c2ccccc12. The van der Waals surface area contributed by atoms with Gasteiger partial charge in [0.1, 0.15) is 5.82 Å². The highest BCUT2D eigenvalue weighted by Crippen LogP contribution is 2.26. The summed E-state index contributed by atoms with van der Waals surface area (Å²) in [5.74, 6) is 0.383. The number of carbonyl (C=O) groups excluding carboxylic acids is 1. The van der Waals surface area contributed by atoms with E-state index in [1.54, 1.807) is 29.0 Å². The van der Waals surface area contributed by atoms with E-state index in [0.717, 1.165) is 28.5 Å². The van der Waals surface area contributed by atoms with Crippen molar-refractivity contribution < 1.29 is 9.18 Å². The number of fused-ring (bicyclic) bond motifs is 1. The van der Waals surface area contributed by atoms with Crippen LogP contribution in [0.25, 0.3) is 16.5 Å². The molecule has 132 valence electrons. The van der Waals surface area contributed by atoms with Crippen LogP contribution in [0, 0.1) is 5.82 Å². The molecule has 2 heterocycles. The first-order chi connectivity index (χ1) is 12.6. The summed E-state index contributed by atoms with van der Waals surface area (Å²) in [5, 5.41) is 8.16. The molecule has 0 bridgehead atoms. The van der Waals surface area contributed by atoms with Gasteiger partial charge in [0.05, 0.1) is 5.52 Å². The molecule has 2 aromatic carbocycles. The van der Waals surface area contributed by atoms with Gasteiger partial charge in [-0.15, -0.1) is 0 Å². The summed E-state index contributed by atoms with van der Waals surface area (Å²) in [4.78, 5) is 16.2. The second-order valence-corrected chi connectivity index (χ2v) is 6.37. The number of benzene rings is 2. The molecule has 6 heteroatoms. The molecule has 0 radical (unpaired) electrons. The Morgan fingerprint density at radius 1 is 1.19 bits per heavy atom. The zero-order chi connectivity index (χ0) is 18.1. The smallest absolute Gasteiger partial charge is 0.320 e. The van der Waals surface area contributed by atoms with Crippen LogP contribution in [0.4, 0.5) is 15.0 Å². The molecule has 0 atom stereocenters. The van der Waals surface area contributed by atoms with Gasteiger partial charge < -0.3 is 4.90 Å². The Balaban J connectivity index is 1.50. The number of nitrogens with zero attached hydrogens (tertiary/aromatic N) is 3. The zero-order valence-electron chi connectivity index (χ0n) is 14.4. The van der Waals surface area contributed by atoms with Crippen molar-refractivity contribution in [3.8, 4) is 0 Å². The van der Waals surface area contributed by atoms with Crippen LogP contribution >= 0.6 is 0 Å². The van der Waals surface area contributed by atoms with E-state index in [4.69, 9.17) is 0 Å². The molecule has 0 saturated carbocycles. The number of nitrogens with one attached hydrogen (secondary N) is 1. The lowest BCUT2D eigenvalue weighted by Crippen LogP contribution is -2.43. The van der Waals surface area contributed by atoms with Gasteiger partial charge in [-0.3, -0.25) is 10.00 Å². The predicted octanol–water partition coefficient (Wildman–Crippen LogP) is 4.05. The van der Waals surface area contributed by atoms with E-state index < -0.39 is 0 Å². The van der Waals surface area contributed by atoms with Crippen LogP contribution in [0.15, 0.2) is 54.6 Å². The number of anilines is 1. The van der Waals surface area contributed by atoms with Crippen molar-refractivity contribution in [3.63, 3.8) is 0 Å². The fourth-order valence-electron chi connectivity index (χ4n) is 3.28. The summed E-state index contributed by atoms with van der Waals surface area (Å²) in [6.07, 6.45) is 2.78. The molecule has 3 aromatic rings. The minimum atomic E-state index is -0.241. The molecule has 1 aromatic heterocycles. The Kier molecular flexibility index (Phi) is 4.16. The molecule has 0 aliphatic carbocycles. The molecule has 0 unspecified atom stereocenters. The van der Waals surface area contributed by atoms with E-state index in [1.807, 2.05) is 30.3 Å². The Labute approximate surface area is 150 Å². The summed E-state index contributed by atoms with van der Waals surface area (Å²) in [5.41, 5.74) is 3.05. The highest BCUT2D eigenvalue weighted by Gasteiger charge is 2.24. The van der Waals surface area contributed by atoms with Crippen molar-refractivity contribution in [1.29, 1.82) is 0 Å². The van der Waals surface area contributed by atoms with Crippen LogP contribution < -0.4 is 4.90 Å². The average Bonchev–Trinajstić information content (AvgIpc) is 3.12. The molecule has 4 rings (SSSR count). The highest BCUT2D eigenvalue weighted by molar-refractivity contribution is 6.00. The molecule has 5 nitrogen and oxygen atoms in total. The third-order valence-electron chi connectivity index (χ3n) is 4.75. The van der Waals surface area contributed by atoms with Crippen LogP contribution in [0.1, 0.15) is 12.0 Å². The van der Waals surface area contributed by atoms with E-state index in [2.05, 4.69) is 10.2 Å². The summed E-state index contributed by atoms with van der Waals surface area (Å²) in [6.45, 7) is 1.15. The predicted molar refractivity (Wildman–Crippen MR) is 100 cm³/mol. The van der Waals surface area contributed by atoms with Gasteiger partial charge in [-0.2, -0.15) is 5.10 Å². The standard InChI is InChI=1S/C20H19FN4O/c1-24(19-17-4-2-3-5-18(17)22-23-19)20(26)25-12-10-15(11-13-25)14-6-8-16(21)9-7-14/h2-10H,11-13H2,1H3,(H,22,23). The summed E-state index contributed by atoms with van der Waals surface area (Å²) < 4.78 is 13.1. The lowest BCUT2D eigenvalue weighted by Gasteiger charge is -2.30. The minimum Gasteiger partial charge on any atom is -0.320 e. The maximum absolute atomic E-state index is 13.1. The first-order valence-corrected chi connectivity index (χ1v) is 8.54. The van der Waals surface area contributed by atoms with Gasteiger partial charge in [0.25, 0.3) is 0 Å². The number of aromatic amines is 1. The quantitative estimate of drug-likeness (QED) is 0.758. The van der Waals surface area contributed by atoms with Crippen molar-refractivity contribution in [2.45, 2.75) is 6.42 Å². The van der Waals surface area contributed by atoms with E-state index in [-0.39, 0.29) is 11.8 Å². The highest BCUT2D eigenvalue weighted by atomic mass is 19.1. The van der Waals surface area contributed by atoms with Crippen molar-refractivity contribution in [1.82, 2.24) is 15.1 Å². The number of hydrogen-bond acceptors (Lipinski definition) is 2. The van der Waals surface area contributed by atoms with Gasteiger partial charge in [-0.25, -0.2) is 9.18 Å². The number of urea groups is 1. The second-order valence-electron chi connectivity index (χ2n) is 6.37. The molecule has 0 fully saturated rings. The van der Waals surface area contributed by atoms with E-state index in [1.165, 1.54) is 12.1 Å². The maximum Gasteiger partial charge on any atom is 0.325 e. The molecular formula is C20H19FN4O. The van der Waals surface area contributed by atoms with E-state index in [9.17, 15) is 9.18 Å². The van der Waals surface area contributed by atoms with Crippen molar-refractivity contribution >= 4 is 28.3 Å². The van der Waals surface area contributed by atoms with Crippen LogP contribution in [0.3, 0.4) is 0 Å². The van der Waals surface area contributed by atoms with Crippen LogP contribution in [0.2, 0.25) is 0 Å². The summed E-state index contributed by atoms with van der Waals surface area (Å²) >= 11 is 0. The van der Waals surface area contributed by atoms with Gasteiger partial charge in [0.2, 0.25) is 0 Å². The number of amides is 2. The Hall–Kier alpha value is -3.15. The van der Waals surface area contributed by atoms with Gasteiger partial charge in [0, 0.05) is 25.5 Å².